The number of rotatable bonds is 14. The summed E-state index contributed by atoms with van der Waals surface area (Å²) in [6, 6.07) is 13.5. The highest BCUT2D eigenvalue weighted by molar-refractivity contribution is 6.34. The molecule has 5 N–H and O–H groups in total. The summed E-state index contributed by atoms with van der Waals surface area (Å²) >= 11 is 6.72. The molecule has 21 heteroatoms. The summed E-state index contributed by atoms with van der Waals surface area (Å²) in [7, 11) is 1.56. The molecule has 5 aliphatic rings. The second kappa shape index (κ2) is 22.0. The number of nitrogens with one attached hydrogen (secondary N) is 3. The van der Waals surface area contributed by atoms with E-state index in [1.54, 1.807) is 7.05 Å². The van der Waals surface area contributed by atoms with Gasteiger partial charge in [0.15, 0.2) is 28.8 Å². The van der Waals surface area contributed by atoms with E-state index in [0.717, 1.165) is 43.9 Å². The molecular weight excluding hydrogens is 1010 g/mol. The quantitative estimate of drug-likeness (QED) is 0.0411. The topological polar surface area (TPSA) is 191 Å². The molecular formula is C55H61ClF4N8O8. The number of fused-ring (bicyclic) bond motifs is 2. The van der Waals surface area contributed by atoms with E-state index < -0.39 is 69.8 Å². The predicted octanol–water partition coefficient (Wildman–Crippen LogP) is 8.04. The van der Waals surface area contributed by atoms with Crippen molar-refractivity contribution >= 4 is 52.1 Å². The highest BCUT2D eigenvalue weighted by Gasteiger charge is 2.50. The number of hydrogen-bond donors (Lipinski definition) is 5. The van der Waals surface area contributed by atoms with Crippen molar-refractivity contribution in [3.05, 3.63) is 105 Å². The fourth-order valence-corrected chi connectivity index (χ4v) is 12.7. The minimum atomic E-state index is -1.17. The number of anilines is 1. The number of aliphatic hydroxyl groups is 1. The molecule has 16 nitrogen and oxygen atoms in total. The van der Waals surface area contributed by atoms with Gasteiger partial charge in [-0.3, -0.25) is 34.5 Å². The Morgan fingerprint density at radius 1 is 0.895 bits per heavy atom. The highest BCUT2D eigenvalue weighted by atomic mass is 35.5. The van der Waals surface area contributed by atoms with Gasteiger partial charge in [-0.2, -0.15) is 5.10 Å². The predicted molar refractivity (Wildman–Crippen MR) is 273 cm³/mol. The van der Waals surface area contributed by atoms with E-state index >= 15 is 17.6 Å². The first kappa shape index (κ1) is 53.1. The number of aryl methyl sites for hydroxylation is 1. The van der Waals surface area contributed by atoms with Crippen LogP contribution in [0, 0.1) is 35.1 Å². The smallest absolute Gasteiger partial charge is 0.329 e. The molecule has 5 aromatic rings. The average Bonchev–Trinajstić information content (AvgIpc) is 3.98. The Hall–Kier alpha value is -6.32. The first-order valence-electron chi connectivity index (χ1n) is 26.1. The molecule has 10 rings (SSSR count). The lowest BCUT2D eigenvalue weighted by molar-refractivity contribution is -0.138. The number of piperidine rings is 2. The number of urea groups is 1. The Labute approximate surface area is 441 Å². The molecule has 76 heavy (non-hydrogen) atoms. The summed E-state index contributed by atoms with van der Waals surface area (Å²) in [6.07, 6.45) is 5.73. The Balaban J connectivity index is 0.743. The van der Waals surface area contributed by atoms with Gasteiger partial charge in [0.05, 0.1) is 22.6 Å². The number of aromatic nitrogens is 2. The van der Waals surface area contributed by atoms with Crippen molar-refractivity contribution < 1.29 is 56.5 Å². The van der Waals surface area contributed by atoms with Crippen molar-refractivity contribution in [1.82, 2.24) is 35.7 Å². The van der Waals surface area contributed by atoms with Gasteiger partial charge in [-0.25, -0.2) is 27.8 Å². The summed E-state index contributed by atoms with van der Waals surface area (Å²) in [4.78, 5) is 56.9. The normalized spacial score (nSPS) is 22.7. The molecule has 0 bridgehead atoms. The number of aliphatic hydroxyl groups excluding tert-OH is 1. The molecule has 5 heterocycles. The zero-order valence-electron chi connectivity index (χ0n) is 42.3. The fraction of sp³-hybridized carbons (Fsp3) is 0.473. The molecule has 4 aliphatic heterocycles. The zero-order valence-corrected chi connectivity index (χ0v) is 43.0. The van der Waals surface area contributed by atoms with E-state index in [-0.39, 0.29) is 94.8 Å². The number of nitrogens with zero attached hydrogens (tertiary/aromatic N) is 5. The number of hydroxylamine groups is 1. The third kappa shape index (κ3) is 9.86. The molecule has 1 saturated carbocycles. The van der Waals surface area contributed by atoms with Crippen LogP contribution in [0.5, 0.6) is 11.5 Å². The number of carbonyl (C=O) groups excluding carboxylic acids is 4. The third-order valence-corrected chi connectivity index (χ3v) is 16.8. The van der Waals surface area contributed by atoms with Crippen LogP contribution in [-0.4, -0.2) is 119 Å². The Bertz CT molecular complexity index is 3050. The number of benzene rings is 4. The maximum absolute atomic E-state index is 16.6. The van der Waals surface area contributed by atoms with E-state index in [1.807, 2.05) is 42.2 Å². The number of amides is 5. The van der Waals surface area contributed by atoms with Crippen molar-refractivity contribution in [2.75, 3.05) is 63.9 Å². The number of halogens is 5. The van der Waals surface area contributed by atoms with Crippen molar-refractivity contribution in [2.45, 2.75) is 88.2 Å². The van der Waals surface area contributed by atoms with Crippen LogP contribution >= 0.6 is 11.6 Å². The standard InChI is InChI=1S/C55H61ClF4N8O8/c1-30-43-41(27-39(58)47(56)46(43)45-36(52(71)64-74)12-13-40(48(45)59)75-25-24-69)76-55(30,34-6-4-3-5-7-34)29-61-35-10-8-33(9-11-35)53(72)67-21-14-31(15-22-67)28-66-19-16-32(17-20-66)44-38(57)26-37-50(49(44)60)65(2)63-51(37)68-23-18-42(70)62-54(68)73/h3-7,12-13,26-27,30-33,35,61,69,74H,8-11,14-25,28-29H2,1-2H3,(H,64,71)(H,62,70,73)/t30-,33?,35?,55-/m0/s1. The summed E-state index contributed by atoms with van der Waals surface area (Å²) in [5, 5.41) is 29.0. The van der Waals surface area contributed by atoms with Crippen LogP contribution in [0.4, 0.5) is 28.2 Å². The first-order chi connectivity index (χ1) is 36.6. The van der Waals surface area contributed by atoms with Crippen LogP contribution in [-0.2, 0) is 22.2 Å². The van der Waals surface area contributed by atoms with Crippen molar-refractivity contribution in [1.29, 1.82) is 0 Å². The fourth-order valence-electron chi connectivity index (χ4n) is 12.4. The van der Waals surface area contributed by atoms with Crippen LogP contribution in [0.1, 0.15) is 104 Å². The van der Waals surface area contributed by atoms with Crippen molar-refractivity contribution in [3.8, 4) is 22.6 Å². The van der Waals surface area contributed by atoms with E-state index in [2.05, 4.69) is 20.6 Å². The van der Waals surface area contributed by atoms with Crippen LogP contribution in [0.15, 0.2) is 54.6 Å². The van der Waals surface area contributed by atoms with E-state index in [9.17, 15) is 29.5 Å². The summed E-state index contributed by atoms with van der Waals surface area (Å²) in [6.45, 7) is 5.01. The lowest BCUT2D eigenvalue weighted by Gasteiger charge is -2.40. The van der Waals surface area contributed by atoms with Crippen LogP contribution in [0.2, 0.25) is 5.02 Å². The Kier molecular flexibility index (Phi) is 15.3. The molecule has 4 fully saturated rings. The molecule has 404 valence electrons. The molecule has 4 aromatic carbocycles. The maximum atomic E-state index is 16.6. The molecule has 0 unspecified atom stereocenters. The van der Waals surface area contributed by atoms with E-state index in [4.69, 9.17) is 21.1 Å². The monoisotopic (exact) mass is 1070 g/mol. The molecule has 0 radical (unpaired) electrons. The summed E-state index contributed by atoms with van der Waals surface area (Å²) in [5.41, 5.74) is 0.745. The molecule has 1 aliphatic carbocycles. The van der Waals surface area contributed by atoms with Gasteiger partial charge in [-0.1, -0.05) is 48.9 Å². The summed E-state index contributed by atoms with van der Waals surface area (Å²) < 4.78 is 78.1. The first-order valence-corrected chi connectivity index (χ1v) is 26.5. The van der Waals surface area contributed by atoms with Gasteiger partial charge < -0.3 is 29.7 Å². The zero-order chi connectivity index (χ0) is 53.6. The number of ether oxygens (including phenoxy) is 2. The minimum absolute atomic E-state index is 0.0126. The van der Waals surface area contributed by atoms with E-state index in [0.29, 0.717) is 63.3 Å². The van der Waals surface area contributed by atoms with Gasteiger partial charge >= 0.3 is 6.03 Å². The third-order valence-electron chi connectivity index (χ3n) is 16.5. The van der Waals surface area contributed by atoms with Crippen LogP contribution in [0.3, 0.4) is 0 Å². The van der Waals surface area contributed by atoms with Gasteiger partial charge in [-0.05, 0) is 100 Å². The van der Waals surface area contributed by atoms with Gasteiger partial charge in [-0.15, -0.1) is 0 Å². The number of carbonyl (C=O) groups is 4. The Morgan fingerprint density at radius 2 is 1.62 bits per heavy atom. The van der Waals surface area contributed by atoms with Gasteiger partial charge in [0.1, 0.15) is 29.5 Å². The van der Waals surface area contributed by atoms with Gasteiger partial charge in [0.25, 0.3) is 5.91 Å². The molecule has 5 amide bonds. The van der Waals surface area contributed by atoms with E-state index in [1.165, 1.54) is 33.3 Å². The maximum Gasteiger partial charge on any atom is 0.329 e. The minimum Gasteiger partial charge on any atom is -0.488 e. The van der Waals surface area contributed by atoms with Gasteiger partial charge in [0, 0.05) is 92.4 Å². The number of likely N-dealkylation sites (tertiary alicyclic amines) is 2. The van der Waals surface area contributed by atoms with Crippen LogP contribution < -0.4 is 30.5 Å². The largest absolute Gasteiger partial charge is 0.488 e. The summed E-state index contributed by atoms with van der Waals surface area (Å²) in [5.74, 6) is -5.45. The lowest BCUT2D eigenvalue weighted by atomic mass is 9.77. The van der Waals surface area contributed by atoms with Crippen molar-refractivity contribution in [2.24, 2.45) is 18.9 Å². The van der Waals surface area contributed by atoms with Gasteiger partial charge in [0.2, 0.25) is 11.8 Å². The SMILES string of the molecule is C[C@H]1c2c(cc(F)c(Cl)c2-c2c(C(=O)NO)ccc(OCCO)c2F)O[C@]1(CNC1CCC(C(=O)N2CCC(CN3CCC(c4c(F)cc5c(N6CCC(=O)NC6=O)nn(C)c5c4F)CC3)CC2)CC1)c1ccccc1. The van der Waals surface area contributed by atoms with Crippen molar-refractivity contribution in [3.63, 3.8) is 0 Å². The van der Waals surface area contributed by atoms with Crippen LogP contribution in [0.25, 0.3) is 22.0 Å². The lowest BCUT2D eigenvalue weighted by Crippen LogP contribution is -2.49. The molecule has 3 saturated heterocycles. The Morgan fingerprint density at radius 3 is 2.30 bits per heavy atom. The average molecular weight is 1070 g/mol. The highest BCUT2D eigenvalue weighted by Crippen LogP contribution is 2.57. The second-order valence-corrected chi connectivity index (χ2v) is 21.2. The number of hydrogen-bond acceptors (Lipinski definition) is 11. The molecule has 1 aromatic heterocycles. The molecule has 2 atom stereocenters. The second-order valence-electron chi connectivity index (χ2n) is 20.8. The number of imide groups is 1. The molecule has 0 spiro atoms.